The lowest BCUT2D eigenvalue weighted by Crippen LogP contribution is -2.24. The van der Waals surface area contributed by atoms with Crippen LogP contribution in [0.3, 0.4) is 0 Å². The number of hydrogen-bond donors (Lipinski definition) is 1. The summed E-state index contributed by atoms with van der Waals surface area (Å²) in [5.74, 6) is 1.15. The molecule has 3 heteroatoms. The summed E-state index contributed by atoms with van der Waals surface area (Å²) in [7, 11) is 2.05. The molecule has 1 N–H and O–H groups in total. The first kappa shape index (κ1) is 12.2. The van der Waals surface area contributed by atoms with E-state index in [4.69, 9.17) is 0 Å². The minimum atomic E-state index is 0.404. The van der Waals surface area contributed by atoms with Crippen LogP contribution in [-0.4, -0.2) is 16.1 Å². The minimum absolute atomic E-state index is 0.404. The average molecular weight is 209 g/mol. The van der Waals surface area contributed by atoms with E-state index >= 15 is 0 Å². The fourth-order valence-electron chi connectivity index (χ4n) is 1.78. The maximum Gasteiger partial charge on any atom is 0.125 e. The van der Waals surface area contributed by atoms with E-state index in [1.165, 1.54) is 19.3 Å². The molecule has 15 heavy (non-hydrogen) atoms. The Morgan fingerprint density at radius 2 is 2.20 bits per heavy atom. The monoisotopic (exact) mass is 209 g/mol. The van der Waals surface area contributed by atoms with E-state index in [9.17, 15) is 0 Å². The third-order valence-electron chi connectivity index (χ3n) is 2.75. The Labute approximate surface area is 92.9 Å². The average Bonchev–Trinajstić information content (AvgIpc) is 2.65. The topological polar surface area (TPSA) is 29.9 Å². The van der Waals surface area contributed by atoms with Gasteiger partial charge in [-0.2, -0.15) is 0 Å². The maximum atomic E-state index is 4.39. The van der Waals surface area contributed by atoms with Crippen LogP contribution < -0.4 is 5.32 Å². The Bertz CT molecular complexity index is 268. The number of unbranched alkanes of at least 4 members (excludes halogenated alkanes) is 2. The van der Waals surface area contributed by atoms with E-state index in [0.717, 1.165) is 18.8 Å². The molecule has 3 nitrogen and oxygen atoms in total. The van der Waals surface area contributed by atoms with Gasteiger partial charge in [0, 0.05) is 19.4 Å². The Balaban J connectivity index is 2.39. The van der Waals surface area contributed by atoms with Crippen molar-refractivity contribution < 1.29 is 0 Å². The van der Waals surface area contributed by atoms with Gasteiger partial charge in [0.1, 0.15) is 5.82 Å². The molecular weight excluding hydrogens is 186 g/mol. The van der Waals surface area contributed by atoms with Crippen molar-refractivity contribution in [3.05, 3.63) is 18.2 Å². The van der Waals surface area contributed by atoms with E-state index in [1.807, 2.05) is 12.4 Å². The molecule has 0 aromatic carbocycles. The summed E-state index contributed by atoms with van der Waals surface area (Å²) < 4.78 is 2.10. The summed E-state index contributed by atoms with van der Waals surface area (Å²) >= 11 is 0. The molecular formula is C12H23N3. The normalized spacial score (nSPS) is 13.0. The zero-order valence-corrected chi connectivity index (χ0v) is 10.2. The van der Waals surface area contributed by atoms with Gasteiger partial charge in [-0.05, 0) is 19.4 Å². The molecule has 1 aromatic heterocycles. The Morgan fingerprint density at radius 3 is 2.73 bits per heavy atom. The van der Waals surface area contributed by atoms with Crippen LogP contribution in [0.15, 0.2) is 12.4 Å². The summed E-state index contributed by atoms with van der Waals surface area (Å²) in [6.45, 7) is 5.53. The summed E-state index contributed by atoms with van der Waals surface area (Å²) in [6, 6.07) is 0.404. The zero-order valence-electron chi connectivity index (χ0n) is 10.2. The highest BCUT2D eigenvalue weighted by atomic mass is 15.1. The molecule has 0 saturated heterocycles. The number of hydrogen-bond acceptors (Lipinski definition) is 2. The summed E-state index contributed by atoms with van der Waals surface area (Å²) in [5, 5.41) is 3.56. The molecule has 0 radical (unpaired) electrons. The molecule has 1 atom stereocenters. The first-order valence-corrected chi connectivity index (χ1v) is 6.00. The van der Waals surface area contributed by atoms with Gasteiger partial charge >= 0.3 is 0 Å². The van der Waals surface area contributed by atoms with E-state index in [2.05, 4.69) is 35.8 Å². The van der Waals surface area contributed by atoms with Gasteiger partial charge in [-0.3, -0.25) is 0 Å². The summed E-state index contributed by atoms with van der Waals surface area (Å²) in [5.41, 5.74) is 0. The molecule has 1 rings (SSSR count). The Kier molecular flexibility index (Phi) is 5.40. The molecule has 0 saturated carbocycles. The maximum absolute atomic E-state index is 4.39. The number of nitrogens with zero attached hydrogens (tertiary/aromatic N) is 2. The van der Waals surface area contributed by atoms with Crippen LogP contribution in [0.25, 0.3) is 0 Å². The number of aryl methyl sites for hydroxylation is 1. The van der Waals surface area contributed by atoms with Crippen molar-refractivity contribution in [3.8, 4) is 0 Å². The molecule has 0 fully saturated rings. The van der Waals surface area contributed by atoms with Gasteiger partial charge in [0.15, 0.2) is 0 Å². The fourth-order valence-corrected chi connectivity index (χ4v) is 1.78. The minimum Gasteiger partial charge on any atom is -0.337 e. The van der Waals surface area contributed by atoms with E-state index in [0.29, 0.717) is 6.04 Å². The van der Waals surface area contributed by atoms with Crippen LogP contribution in [0.1, 0.15) is 51.4 Å². The van der Waals surface area contributed by atoms with Crippen LogP contribution in [-0.2, 0) is 7.05 Å². The van der Waals surface area contributed by atoms with Crippen LogP contribution in [0.5, 0.6) is 0 Å². The second kappa shape index (κ2) is 6.62. The SMILES string of the molecule is CCCCCNC(CC)c1nccn1C. The third kappa shape index (κ3) is 3.67. The highest BCUT2D eigenvalue weighted by molar-refractivity contribution is 4.98. The lowest BCUT2D eigenvalue weighted by molar-refractivity contribution is 0.470. The summed E-state index contributed by atoms with van der Waals surface area (Å²) in [6.07, 6.45) is 8.82. The van der Waals surface area contributed by atoms with Crippen LogP contribution in [0, 0.1) is 0 Å². The van der Waals surface area contributed by atoms with Crippen LogP contribution in [0.2, 0.25) is 0 Å². The predicted octanol–water partition coefficient (Wildman–Crippen LogP) is 2.65. The predicted molar refractivity (Wildman–Crippen MR) is 63.8 cm³/mol. The van der Waals surface area contributed by atoms with Crippen LogP contribution >= 0.6 is 0 Å². The molecule has 1 unspecified atom stereocenters. The van der Waals surface area contributed by atoms with Gasteiger partial charge in [-0.15, -0.1) is 0 Å². The fraction of sp³-hybridized carbons (Fsp3) is 0.750. The third-order valence-corrected chi connectivity index (χ3v) is 2.75. The van der Waals surface area contributed by atoms with E-state index < -0.39 is 0 Å². The summed E-state index contributed by atoms with van der Waals surface area (Å²) in [4.78, 5) is 4.39. The van der Waals surface area contributed by atoms with Gasteiger partial charge in [0.25, 0.3) is 0 Å². The van der Waals surface area contributed by atoms with Crippen molar-refractivity contribution in [2.24, 2.45) is 7.05 Å². The van der Waals surface area contributed by atoms with E-state index in [-0.39, 0.29) is 0 Å². The second-order valence-corrected chi connectivity index (χ2v) is 4.02. The van der Waals surface area contributed by atoms with Crippen molar-refractivity contribution in [1.82, 2.24) is 14.9 Å². The first-order valence-electron chi connectivity index (χ1n) is 6.00. The molecule has 0 aliphatic carbocycles. The quantitative estimate of drug-likeness (QED) is 0.700. The molecule has 1 heterocycles. The highest BCUT2D eigenvalue weighted by Gasteiger charge is 2.11. The van der Waals surface area contributed by atoms with Gasteiger partial charge < -0.3 is 9.88 Å². The molecule has 0 amide bonds. The van der Waals surface area contributed by atoms with Crippen LogP contribution in [0.4, 0.5) is 0 Å². The zero-order chi connectivity index (χ0) is 11.1. The van der Waals surface area contributed by atoms with Gasteiger partial charge in [0.2, 0.25) is 0 Å². The highest BCUT2D eigenvalue weighted by Crippen LogP contribution is 2.13. The van der Waals surface area contributed by atoms with Crippen molar-refractivity contribution in [2.45, 2.75) is 45.6 Å². The second-order valence-electron chi connectivity index (χ2n) is 4.02. The lowest BCUT2D eigenvalue weighted by atomic mass is 10.2. The number of rotatable bonds is 7. The molecule has 0 aliphatic heterocycles. The Morgan fingerprint density at radius 1 is 1.40 bits per heavy atom. The van der Waals surface area contributed by atoms with Crippen molar-refractivity contribution in [3.63, 3.8) is 0 Å². The smallest absolute Gasteiger partial charge is 0.125 e. The molecule has 0 aliphatic rings. The lowest BCUT2D eigenvalue weighted by Gasteiger charge is -2.16. The molecule has 0 bridgehead atoms. The standard InChI is InChI=1S/C12H23N3/c1-4-6-7-8-13-11(5-2)12-14-9-10-15(12)3/h9-11,13H,4-8H2,1-3H3. The Hall–Kier alpha value is -0.830. The number of imidazole rings is 1. The number of nitrogens with one attached hydrogen (secondary N) is 1. The molecule has 86 valence electrons. The largest absolute Gasteiger partial charge is 0.337 e. The first-order chi connectivity index (χ1) is 7.29. The van der Waals surface area contributed by atoms with Crippen molar-refractivity contribution >= 4 is 0 Å². The van der Waals surface area contributed by atoms with Gasteiger partial charge in [-0.1, -0.05) is 26.7 Å². The van der Waals surface area contributed by atoms with Gasteiger partial charge in [0.05, 0.1) is 6.04 Å². The van der Waals surface area contributed by atoms with Gasteiger partial charge in [-0.25, -0.2) is 4.98 Å². The molecule has 0 spiro atoms. The van der Waals surface area contributed by atoms with E-state index in [1.54, 1.807) is 0 Å². The number of aromatic nitrogens is 2. The van der Waals surface area contributed by atoms with Crippen molar-refractivity contribution in [1.29, 1.82) is 0 Å². The van der Waals surface area contributed by atoms with Crippen molar-refractivity contribution in [2.75, 3.05) is 6.54 Å². The molecule has 1 aromatic rings.